The molecule has 0 aliphatic heterocycles. The van der Waals surface area contributed by atoms with E-state index in [-0.39, 0.29) is 13.0 Å². The van der Waals surface area contributed by atoms with E-state index < -0.39 is 45.8 Å². The van der Waals surface area contributed by atoms with Crippen LogP contribution < -0.4 is 0 Å². The van der Waals surface area contributed by atoms with Crippen LogP contribution in [0.4, 0.5) is 0 Å². The topological polar surface area (TPSA) is 132 Å². The van der Waals surface area contributed by atoms with E-state index in [9.17, 15) is 19.4 Å². The zero-order valence-electron chi connectivity index (χ0n) is 36.6. The third kappa shape index (κ3) is 42.6. The van der Waals surface area contributed by atoms with E-state index in [4.69, 9.17) is 23.6 Å². The minimum absolute atomic E-state index is 0.0283. The molecule has 10 heteroatoms. The first kappa shape index (κ1) is 55.0. The largest absolute Gasteiger partial charge is 0.498 e. The lowest BCUT2D eigenvalue weighted by Crippen LogP contribution is -2.28. The molecule has 0 spiro atoms. The van der Waals surface area contributed by atoms with E-state index >= 15 is 0 Å². The van der Waals surface area contributed by atoms with Gasteiger partial charge in [-0.1, -0.05) is 213 Å². The van der Waals surface area contributed by atoms with Gasteiger partial charge in [-0.15, -0.1) is 0 Å². The summed E-state index contributed by atoms with van der Waals surface area (Å²) >= 11 is 0. The van der Waals surface area contributed by atoms with Crippen molar-refractivity contribution in [2.75, 3.05) is 26.4 Å². The highest BCUT2D eigenvalue weighted by atomic mass is 31.2. The van der Waals surface area contributed by atoms with Crippen molar-refractivity contribution in [1.82, 2.24) is 0 Å². The number of hydrogen-bond donors (Lipinski definition) is 3. The van der Waals surface area contributed by atoms with Crippen LogP contribution in [0.2, 0.25) is 0 Å². The van der Waals surface area contributed by atoms with Crippen LogP contribution in [0.5, 0.6) is 0 Å². The number of rotatable bonds is 46. The van der Waals surface area contributed by atoms with Gasteiger partial charge in [0.05, 0.1) is 26.1 Å². The maximum Gasteiger partial charge on any atom is 0.472 e. The normalized spacial score (nSPS) is 13.9. The van der Waals surface area contributed by atoms with Crippen molar-refractivity contribution in [3.05, 3.63) is 12.3 Å². The third-order valence-electron chi connectivity index (χ3n) is 10.5. The van der Waals surface area contributed by atoms with Gasteiger partial charge in [-0.2, -0.15) is 0 Å². The Morgan fingerprint density at radius 1 is 0.536 bits per heavy atom. The van der Waals surface area contributed by atoms with Gasteiger partial charge in [0, 0.05) is 6.42 Å². The molecule has 0 heterocycles. The summed E-state index contributed by atoms with van der Waals surface area (Å²) in [4.78, 5) is 22.6. The van der Waals surface area contributed by atoms with Crippen LogP contribution in [0.3, 0.4) is 0 Å². The molecule has 56 heavy (non-hydrogen) atoms. The highest BCUT2D eigenvalue weighted by Crippen LogP contribution is 2.43. The zero-order valence-corrected chi connectivity index (χ0v) is 37.5. The lowest BCUT2D eigenvalue weighted by Gasteiger charge is -2.20. The molecule has 0 aliphatic rings. The molecule has 1 unspecified atom stereocenters. The first-order chi connectivity index (χ1) is 27.3. The molecule has 3 atom stereocenters. The summed E-state index contributed by atoms with van der Waals surface area (Å²) in [6, 6.07) is 0. The van der Waals surface area contributed by atoms with Gasteiger partial charge in [0.2, 0.25) is 0 Å². The minimum atomic E-state index is -4.53. The Kier molecular flexibility index (Phi) is 42.9. The number of unbranched alkanes of at least 4 members (excludes halogenated alkanes) is 32. The fourth-order valence-corrected chi connectivity index (χ4v) is 7.70. The first-order valence-corrected chi connectivity index (χ1v) is 25.2. The number of carbonyl (C=O) groups is 1. The van der Waals surface area contributed by atoms with Gasteiger partial charge in [0.1, 0.15) is 12.7 Å². The highest BCUT2D eigenvalue weighted by molar-refractivity contribution is 7.47. The predicted octanol–water partition coefficient (Wildman–Crippen LogP) is 13.6. The van der Waals surface area contributed by atoms with Crippen LogP contribution in [0, 0.1) is 0 Å². The van der Waals surface area contributed by atoms with Crippen molar-refractivity contribution in [3.8, 4) is 0 Å². The number of allylic oxidation sites excluding steroid dienone is 1. The second kappa shape index (κ2) is 43.6. The Bertz CT molecular complexity index is 887. The van der Waals surface area contributed by atoms with Crippen LogP contribution in [0.15, 0.2) is 12.3 Å². The van der Waals surface area contributed by atoms with E-state index in [1.54, 1.807) is 6.26 Å². The van der Waals surface area contributed by atoms with E-state index in [0.717, 1.165) is 32.1 Å². The maximum absolute atomic E-state index is 12.6. The second-order valence-corrected chi connectivity index (χ2v) is 17.7. The first-order valence-electron chi connectivity index (χ1n) is 23.7. The standard InChI is InChI=1S/C46H91O9P/c1-3-5-7-9-11-13-15-17-19-21-22-23-24-26-28-30-32-34-36-38-46(49)55-45(43-54-56(50,51)53-41-44(48)40-47)42-52-39-37-35-33-31-29-27-25-20-18-16-14-12-10-8-6-4-2/h37,39,44-45,47-48H,3-36,38,40-43H2,1-2H3,(H,50,51)/b39-37-/t44-,45+/m0/s1. The molecule has 0 radical (unpaired) electrons. The van der Waals surface area contributed by atoms with Gasteiger partial charge in [-0.05, 0) is 25.3 Å². The fourth-order valence-electron chi connectivity index (χ4n) is 6.91. The molecule has 0 aromatic heterocycles. The monoisotopic (exact) mass is 819 g/mol. The number of aliphatic hydroxyl groups excluding tert-OH is 2. The number of phosphoric acid groups is 1. The van der Waals surface area contributed by atoms with Crippen molar-refractivity contribution >= 4 is 13.8 Å². The van der Waals surface area contributed by atoms with Crippen molar-refractivity contribution in [3.63, 3.8) is 0 Å². The second-order valence-electron chi connectivity index (χ2n) is 16.2. The SMILES string of the molecule is CCCCCCCCCCCCCCCC/C=C\OC[C@H](COP(=O)(O)OC[C@@H](O)CO)OC(=O)CCCCCCCCCCCCCCCCCCCCC. The number of carbonyl (C=O) groups excluding carboxylic acids is 1. The average Bonchev–Trinajstić information content (AvgIpc) is 3.19. The lowest BCUT2D eigenvalue weighted by molar-refractivity contribution is -0.153. The summed E-state index contributed by atoms with van der Waals surface area (Å²) in [5, 5.41) is 18.4. The van der Waals surface area contributed by atoms with Crippen molar-refractivity contribution in [1.29, 1.82) is 0 Å². The maximum atomic E-state index is 12.6. The Morgan fingerprint density at radius 3 is 1.29 bits per heavy atom. The molecule has 9 nitrogen and oxygen atoms in total. The fraction of sp³-hybridized carbons (Fsp3) is 0.935. The smallest absolute Gasteiger partial charge is 0.472 e. The van der Waals surface area contributed by atoms with E-state index in [0.29, 0.717) is 0 Å². The molecule has 334 valence electrons. The summed E-state index contributed by atoms with van der Waals surface area (Å²) < 4.78 is 33.2. The molecular formula is C46H91O9P. The molecule has 0 aromatic carbocycles. The summed E-state index contributed by atoms with van der Waals surface area (Å²) in [5.41, 5.74) is 0. The molecule has 0 aromatic rings. The van der Waals surface area contributed by atoms with Crippen molar-refractivity contribution in [2.45, 2.75) is 251 Å². The predicted molar refractivity (Wildman–Crippen MR) is 233 cm³/mol. The Labute approximate surface area is 345 Å². The van der Waals surface area contributed by atoms with Crippen LogP contribution >= 0.6 is 7.82 Å². The van der Waals surface area contributed by atoms with E-state index in [2.05, 4.69) is 13.8 Å². The Hall–Kier alpha value is -0.960. The number of phosphoric ester groups is 1. The Balaban J connectivity index is 4.12. The van der Waals surface area contributed by atoms with Gasteiger partial charge in [0.15, 0.2) is 6.10 Å². The third-order valence-corrected chi connectivity index (χ3v) is 11.5. The molecule has 0 bridgehead atoms. The van der Waals surface area contributed by atoms with Gasteiger partial charge >= 0.3 is 13.8 Å². The summed E-state index contributed by atoms with van der Waals surface area (Å²) in [6.07, 6.45) is 45.5. The van der Waals surface area contributed by atoms with Gasteiger partial charge in [-0.25, -0.2) is 4.57 Å². The zero-order chi connectivity index (χ0) is 41.1. The molecule has 0 amide bonds. The quantitative estimate of drug-likeness (QED) is 0.0238. The van der Waals surface area contributed by atoms with Crippen LogP contribution in [-0.4, -0.2) is 59.7 Å². The molecule has 0 aliphatic carbocycles. The highest BCUT2D eigenvalue weighted by Gasteiger charge is 2.26. The number of aliphatic hydroxyl groups is 2. The number of hydrogen-bond acceptors (Lipinski definition) is 8. The molecule has 0 rings (SSSR count). The number of esters is 1. The van der Waals surface area contributed by atoms with E-state index in [1.165, 1.54) is 186 Å². The summed E-state index contributed by atoms with van der Waals surface area (Å²) in [6.45, 7) is 2.93. The van der Waals surface area contributed by atoms with E-state index in [1.807, 2.05) is 6.08 Å². The van der Waals surface area contributed by atoms with Crippen molar-refractivity contribution < 1.29 is 43.0 Å². The van der Waals surface area contributed by atoms with Gasteiger partial charge in [-0.3, -0.25) is 13.8 Å². The van der Waals surface area contributed by atoms with Gasteiger partial charge in [0.25, 0.3) is 0 Å². The molecule has 0 saturated carbocycles. The minimum Gasteiger partial charge on any atom is -0.498 e. The van der Waals surface area contributed by atoms with Crippen LogP contribution in [0.25, 0.3) is 0 Å². The van der Waals surface area contributed by atoms with Crippen molar-refractivity contribution in [2.24, 2.45) is 0 Å². The average molecular weight is 819 g/mol. The number of ether oxygens (including phenoxy) is 2. The van der Waals surface area contributed by atoms with Crippen LogP contribution in [-0.2, 0) is 27.9 Å². The molecule has 0 fully saturated rings. The van der Waals surface area contributed by atoms with Gasteiger partial charge < -0.3 is 24.6 Å². The lowest BCUT2D eigenvalue weighted by atomic mass is 10.0. The van der Waals surface area contributed by atoms with Crippen LogP contribution in [0.1, 0.15) is 239 Å². The summed E-state index contributed by atoms with van der Waals surface area (Å²) in [7, 11) is -4.53. The molecule has 0 saturated heterocycles. The molecular weight excluding hydrogens is 727 g/mol. The molecule has 3 N–H and O–H groups in total. The Morgan fingerprint density at radius 2 is 0.893 bits per heavy atom. The summed E-state index contributed by atoms with van der Waals surface area (Å²) in [5.74, 6) is -0.398.